The molecule has 3 rings (SSSR count). The van der Waals surface area contributed by atoms with E-state index in [1.807, 2.05) is 91.7 Å². The lowest BCUT2D eigenvalue weighted by molar-refractivity contribution is 0.304. The van der Waals surface area contributed by atoms with Gasteiger partial charge in [-0.1, -0.05) is 17.7 Å². The molecule has 0 saturated carbocycles. The van der Waals surface area contributed by atoms with Crippen LogP contribution in [0.25, 0.3) is 0 Å². The largest absolute Gasteiger partial charge is 0.395 e. The molecule has 0 bridgehead atoms. The van der Waals surface area contributed by atoms with Crippen molar-refractivity contribution in [2.75, 3.05) is 25.1 Å². The number of hydrogen-bond acceptors (Lipinski definition) is 6. The zero-order valence-corrected chi connectivity index (χ0v) is 16.0. The summed E-state index contributed by atoms with van der Waals surface area (Å²) in [6, 6.07) is 23.0. The smallest absolute Gasteiger partial charge is 0.0858 e. The Morgan fingerprint density at radius 2 is 1.00 bits per heavy atom. The number of azo groups is 2. The Balaban J connectivity index is 1.61. The summed E-state index contributed by atoms with van der Waals surface area (Å²) in [7, 11) is 1.93. The second-order valence-corrected chi connectivity index (χ2v) is 6.41. The van der Waals surface area contributed by atoms with Crippen molar-refractivity contribution in [1.82, 2.24) is 0 Å². The first-order chi connectivity index (χ1) is 13.6. The maximum atomic E-state index is 9.00. The lowest BCUT2D eigenvalue weighted by atomic mass is 10.2. The van der Waals surface area contributed by atoms with E-state index in [-0.39, 0.29) is 6.61 Å². The zero-order chi connectivity index (χ0) is 19.8. The van der Waals surface area contributed by atoms with Gasteiger partial charge in [-0.05, 0) is 67.6 Å². The van der Waals surface area contributed by atoms with E-state index in [0.29, 0.717) is 6.54 Å². The third-order valence-electron chi connectivity index (χ3n) is 4.17. The molecular weight excluding hydrogens is 350 g/mol. The number of likely N-dealkylation sites (N-methyl/N-ethyl adjacent to an activating group) is 1. The SMILES string of the molecule is Cc1ccc(N=Nc2ccc(N=Nc3ccc(N(C)CCO)cc3)cc2)cc1. The van der Waals surface area contributed by atoms with Crippen LogP contribution < -0.4 is 4.90 Å². The predicted octanol–water partition coefficient (Wildman–Crippen LogP) is 6.25. The summed E-state index contributed by atoms with van der Waals surface area (Å²) in [5.41, 5.74) is 5.31. The first kappa shape index (κ1) is 19.4. The van der Waals surface area contributed by atoms with Crippen LogP contribution in [0, 0.1) is 6.92 Å². The van der Waals surface area contributed by atoms with Crippen molar-refractivity contribution in [2.24, 2.45) is 20.5 Å². The van der Waals surface area contributed by atoms with E-state index in [4.69, 9.17) is 5.11 Å². The number of aliphatic hydroxyl groups excluding tert-OH is 1. The topological polar surface area (TPSA) is 72.9 Å². The predicted molar refractivity (Wildman–Crippen MR) is 113 cm³/mol. The van der Waals surface area contributed by atoms with Gasteiger partial charge in [0.05, 0.1) is 29.4 Å². The summed E-state index contributed by atoms with van der Waals surface area (Å²) in [6.07, 6.45) is 0. The molecular formula is C22H23N5O. The molecule has 28 heavy (non-hydrogen) atoms. The summed E-state index contributed by atoms with van der Waals surface area (Å²) in [6.45, 7) is 2.76. The van der Waals surface area contributed by atoms with Crippen LogP contribution in [0.1, 0.15) is 5.56 Å². The molecule has 0 aromatic heterocycles. The summed E-state index contributed by atoms with van der Waals surface area (Å²) in [5.74, 6) is 0. The van der Waals surface area contributed by atoms with Crippen molar-refractivity contribution >= 4 is 28.4 Å². The van der Waals surface area contributed by atoms with E-state index < -0.39 is 0 Å². The summed E-state index contributed by atoms with van der Waals surface area (Å²) in [4.78, 5) is 1.98. The Morgan fingerprint density at radius 3 is 1.39 bits per heavy atom. The quantitative estimate of drug-likeness (QED) is 0.497. The second-order valence-electron chi connectivity index (χ2n) is 6.41. The van der Waals surface area contributed by atoms with Crippen LogP contribution in [0.15, 0.2) is 93.3 Å². The lowest BCUT2D eigenvalue weighted by Crippen LogP contribution is -2.20. The highest BCUT2D eigenvalue weighted by atomic mass is 16.3. The Bertz CT molecular complexity index is 932. The van der Waals surface area contributed by atoms with Crippen molar-refractivity contribution in [3.63, 3.8) is 0 Å². The van der Waals surface area contributed by atoms with Gasteiger partial charge in [-0.3, -0.25) is 0 Å². The first-order valence-corrected chi connectivity index (χ1v) is 9.06. The molecule has 1 N–H and O–H groups in total. The maximum Gasteiger partial charge on any atom is 0.0858 e. The highest BCUT2D eigenvalue weighted by molar-refractivity contribution is 5.53. The normalized spacial score (nSPS) is 11.4. The van der Waals surface area contributed by atoms with E-state index in [2.05, 4.69) is 20.5 Å². The van der Waals surface area contributed by atoms with E-state index in [0.717, 1.165) is 28.4 Å². The molecule has 3 aromatic rings. The molecule has 0 aliphatic carbocycles. The minimum absolute atomic E-state index is 0.124. The van der Waals surface area contributed by atoms with Crippen molar-refractivity contribution in [3.05, 3.63) is 78.4 Å². The Labute approximate surface area is 164 Å². The van der Waals surface area contributed by atoms with Gasteiger partial charge >= 0.3 is 0 Å². The highest BCUT2D eigenvalue weighted by Gasteiger charge is 1.99. The molecule has 0 saturated heterocycles. The lowest BCUT2D eigenvalue weighted by Gasteiger charge is -2.17. The summed E-state index contributed by atoms with van der Waals surface area (Å²) >= 11 is 0. The summed E-state index contributed by atoms with van der Waals surface area (Å²) in [5, 5.41) is 26.0. The molecule has 6 nitrogen and oxygen atoms in total. The van der Waals surface area contributed by atoms with Gasteiger partial charge in [-0.25, -0.2) is 0 Å². The zero-order valence-electron chi connectivity index (χ0n) is 16.0. The number of aryl methyl sites for hydroxylation is 1. The van der Waals surface area contributed by atoms with Crippen molar-refractivity contribution in [2.45, 2.75) is 6.92 Å². The van der Waals surface area contributed by atoms with Crippen LogP contribution in [-0.4, -0.2) is 25.3 Å². The molecule has 3 aromatic carbocycles. The number of benzene rings is 3. The van der Waals surface area contributed by atoms with E-state index in [9.17, 15) is 0 Å². The van der Waals surface area contributed by atoms with Gasteiger partial charge in [-0.2, -0.15) is 20.5 Å². The molecule has 0 radical (unpaired) electrons. The Morgan fingerprint density at radius 1 is 0.643 bits per heavy atom. The third kappa shape index (κ3) is 5.56. The van der Waals surface area contributed by atoms with E-state index in [1.165, 1.54) is 5.56 Å². The van der Waals surface area contributed by atoms with Crippen molar-refractivity contribution in [1.29, 1.82) is 0 Å². The fourth-order valence-electron chi connectivity index (χ4n) is 2.48. The van der Waals surface area contributed by atoms with Gasteiger partial charge in [0.25, 0.3) is 0 Å². The van der Waals surface area contributed by atoms with Crippen LogP contribution in [0.2, 0.25) is 0 Å². The summed E-state index contributed by atoms with van der Waals surface area (Å²) < 4.78 is 0. The molecule has 0 aliphatic rings. The third-order valence-corrected chi connectivity index (χ3v) is 4.17. The fraction of sp³-hybridized carbons (Fsp3) is 0.182. The number of anilines is 1. The Hall–Kier alpha value is -3.38. The molecule has 142 valence electrons. The Kier molecular flexibility index (Phi) is 6.59. The van der Waals surface area contributed by atoms with Crippen molar-refractivity contribution in [3.8, 4) is 0 Å². The maximum absolute atomic E-state index is 9.00. The van der Waals surface area contributed by atoms with E-state index in [1.54, 1.807) is 0 Å². The average Bonchev–Trinajstić information content (AvgIpc) is 2.73. The van der Waals surface area contributed by atoms with Crippen LogP contribution >= 0.6 is 0 Å². The molecule has 0 fully saturated rings. The number of hydrogen-bond donors (Lipinski definition) is 1. The molecule has 0 aliphatic heterocycles. The highest BCUT2D eigenvalue weighted by Crippen LogP contribution is 2.24. The van der Waals surface area contributed by atoms with Gasteiger partial charge in [0.2, 0.25) is 0 Å². The van der Waals surface area contributed by atoms with Crippen molar-refractivity contribution < 1.29 is 5.11 Å². The second kappa shape index (κ2) is 9.53. The average molecular weight is 373 g/mol. The number of nitrogens with zero attached hydrogens (tertiary/aromatic N) is 5. The number of aliphatic hydroxyl groups is 1. The molecule has 0 unspecified atom stereocenters. The van der Waals surface area contributed by atoms with Crippen LogP contribution in [-0.2, 0) is 0 Å². The minimum atomic E-state index is 0.124. The first-order valence-electron chi connectivity index (χ1n) is 9.06. The van der Waals surface area contributed by atoms with E-state index >= 15 is 0 Å². The van der Waals surface area contributed by atoms with Gasteiger partial charge < -0.3 is 10.0 Å². The standard InChI is InChI=1S/C22H23N5O/c1-17-3-5-18(6-4-17)23-24-19-7-9-20(10-8-19)25-26-21-11-13-22(14-12-21)27(2)15-16-28/h3-14,28H,15-16H2,1-2H3. The van der Waals surface area contributed by atoms with Crippen LogP contribution in [0.3, 0.4) is 0 Å². The van der Waals surface area contributed by atoms with Crippen LogP contribution in [0.5, 0.6) is 0 Å². The molecule has 0 amide bonds. The van der Waals surface area contributed by atoms with Gasteiger partial charge in [0.1, 0.15) is 0 Å². The van der Waals surface area contributed by atoms with Gasteiger partial charge in [-0.15, -0.1) is 0 Å². The van der Waals surface area contributed by atoms with Gasteiger partial charge in [0.15, 0.2) is 0 Å². The molecule has 0 heterocycles. The fourth-order valence-corrected chi connectivity index (χ4v) is 2.48. The monoisotopic (exact) mass is 373 g/mol. The van der Waals surface area contributed by atoms with Crippen LogP contribution in [0.4, 0.5) is 28.4 Å². The molecule has 0 spiro atoms. The number of rotatable bonds is 7. The molecule has 6 heteroatoms. The van der Waals surface area contributed by atoms with Gasteiger partial charge in [0, 0.05) is 19.3 Å². The minimum Gasteiger partial charge on any atom is -0.395 e. The molecule has 0 atom stereocenters.